The Labute approximate surface area is 111 Å². The number of carboxylic acids is 1. The maximum absolute atomic E-state index is 12.4. The van der Waals surface area contributed by atoms with Gasteiger partial charge in [-0.25, -0.2) is 4.79 Å². The highest BCUT2D eigenvalue weighted by atomic mass is 16.4. The lowest BCUT2D eigenvalue weighted by atomic mass is 10.1. The molecule has 1 saturated carbocycles. The molecule has 1 aliphatic carbocycles. The fourth-order valence-electron chi connectivity index (χ4n) is 2.00. The van der Waals surface area contributed by atoms with Crippen LogP contribution in [0.4, 0.5) is 0 Å². The minimum atomic E-state index is -1.02. The van der Waals surface area contributed by atoms with E-state index >= 15 is 0 Å². The van der Waals surface area contributed by atoms with Gasteiger partial charge in [0.2, 0.25) is 0 Å². The number of hydrogen-bond acceptors (Lipinski definition) is 3. The van der Waals surface area contributed by atoms with Crippen LogP contribution in [0.5, 0.6) is 0 Å². The summed E-state index contributed by atoms with van der Waals surface area (Å²) in [6.07, 6.45) is 1.67. The van der Waals surface area contributed by atoms with Crippen molar-refractivity contribution < 1.29 is 14.7 Å². The third-order valence-electron chi connectivity index (χ3n) is 3.19. The van der Waals surface area contributed by atoms with Crippen molar-refractivity contribution in [3.05, 3.63) is 35.4 Å². The Bertz CT molecular complexity index is 558. The van der Waals surface area contributed by atoms with Crippen LogP contribution >= 0.6 is 0 Å². The van der Waals surface area contributed by atoms with Gasteiger partial charge in [-0.15, -0.1) is 0 Å². The molecule has 1 aliphatic rings. The van der Waals surface area contributed by atoms with Crippen LogP contribution in [0, 0.1) is 11.3 Å². The second kappa shape index (κ2) is 5.11. The molecule has 1 amide bonds. The van der Waals surface area contributed by atoms with E-state index in [2.05, 4.69) is 0 Å². The van der Waals surface area contributed by atoms with E-state index in [1.165, 1.54) is 17.9 Å². The van der Waals surface area contributed by atoms with E-state index in [0.717, 1.165) is 12.8 Å². The summed E-state index contributed by atoms with van der Waals surface area (Å²) >= 11 is 0. The summed E-state index contributed by atoms with van der Waals surface area (Å²) in [6, 6.07) is 7.45. The van der Waals surface area contributed by atoms with Gasteiger partial charge in [0.15, 0.2) is 0 Å². The van der Waals surface area contributed by atoms with Gasteiger partial charge in [0.05, 0.1) is 11.6 Å². The fourth-order valence-corrected chi connectivity index (χ4v) is 2.00. The molecule has 0 aromatic heterocycles. The monoisotopic (exact) mass is 258 g/mol. The highest BCUT2D eigenvalue weighted by Gasteiger charge is 2.38. The molecule has 2 rings (SSSR count). The Hall–Kier alpha value is -2.35. The van der Waals surface area contributed by atoms with Crippen LogP contribution in [0.3, 0.4) is 0 Å². The molecule has 98 valence electrons. The van der Waals surface area contributed by atoms with Gasteiger partial charge in [0, 0.05) is 11.6 Å². The molecular weight excluding hydrogens is 244 g/mol. The van der Waals surface area contributed by atoms with E-state index in [-0.39, 0.29) is 11.9 Å². The maximum atomic E-state index is 12.4. The molecule has 19 heavy (non-hydrogen) atoms. The minimum Gasteiger partial charge on any atom is -0.480 e. The van der Waals surface area contributed by atoms with Crippen molar-refractivity contribution >= 4 is 11.9 Å². The first-order valence-electron chi connectivity index (χ1n) is 6.10. The van der Waals surface area contributed by atoms with Gasteiger partial charge in [-0.05, 0) is 38.0 Å². The summed E-state index contributed by atoms with van der Waals surface area (Å²) < 4.78 is 0. The molecule has 0 spiro atoms. The molecule has 1 unspecified atom stereocenters. The van der Waals surface area contributed by atoms with E-state index in [9.17, 15) is 9.59 Å². The number of amides is 1. The highest BCUT2D eigenvalue weighted by molar-refractivity contribution is 5.97. The third-order valence-corrected chi connectivity index (χ3v) is 3.19. The first-order chi connectivity index (χ1) is 9.04. The smallest absolute Gasteiger partial charge is 0.326 e. The minimum absolute atomic E-state index is 0.00402. The molecule has 0 saturated heterocycles. The molecule has 5 nitrogen and oxygen atoms in total. The Balaban J connectivity index is 2.29. The molecule has 0 heterocycles. The number of carbonyl (C=O) groups excluding carboxylic acids is 1. The lowest BCUT2D eigenvalue weighted by Gasteiger charge is -2.26. The number of hydrogen-bond donors (Lipinski definition) is 1. The Morgan fingerprint density at radius 3 is 2.68 bits per heavy atom. The second-order valence-corrected chi connectivity index (χ2v) is 4.65. The molecule has 1 fully saturated rings. The number of carbonyl (C=O) groups is 2. The van der Waals surface area contributed by atoms with E-state index in [0.29, 0.717) is 11.1 Å². The van der Waals surface area contributed by atoms with Crippen molar-refractivity contribution in [1.82, 2.24) is 4.90 Å². The number of benzene rings is 1. The van der Waals surface area contributed by atoms with E-state index < -0.39 is 12.0 Å². The van der Waals surface area contributed by atoms with Crippen LogP contribution in [0.25, 0.3) is 0 Å². The molecule has 5 heteroatoms. The van der Waals surface area contributed by atoms with Crippen molar-refractivity contribution in [3.8, 4) is 6.07 Å². The van der Waals surface area contributed by atoms with Gasteiger partial charge in [-0.2, -0.15) is 5.26 Å². The summed E-state index contributed by atoms with van der Waals surface area (Å²) in [5, 5.41) is 17.9. The Morgan fingerprint density at radius 1 is 1.47 bits per heavy atom. The highest BCUT2D eigenvalue weighted by Crippen LogP contribution is 2.30. The Morgan fingerprint density at radius 2 is 2.16 bits per heavy atom. The van der Waals surface area contributed by atoms with Crippen LogP contribution in [-0.4, -0.2) is 34.0 Å². The molecule has 0 radical (unpaired) electrons. The van der Waals surface area contributed by atoms with Gasteiger partial charge < -0.3 is 10.0 Å². The topological polar surface area (TPSA) is 81.4 Å². The standard InChI is InChI=1S/C14H14N2O3/c1-9(14(18)19)16(12-5-6-12)13(17)11-4-2-3-10(7-11)8-15/h2-4,7,9,12H,5-6H2,1H3,(H,18,19). The van der Waals surface area contributed by atoms with Gasteiger partial charge in [-0.3, -0.25) is 4.79 Å². The van der Waals surface area contributed by atoms with Crippen molar-refractivity contribution in [3.63, 3.8) is 0 Å². The molecular formula is C14H14N2O3. The SMILES string of the molecule is CC(C(=O)O)N(C(=O)c1cccc(C#N)c1)C1CC1. The zero-order valence-electron chi connectivity index (χ0n) is 10.5. The van der Waals surface area contributed by atoms with Crippen LogP contribution < -0.4 is 0 Å². The average Bonchev–Trinajstić information content (AvgIpc) is 3.23. The van der Waals surface area contributed by atoms with Crippen molar-refractivity contribution in [2.24, 2.45) is 0 Å². The average molecular weight is 258 g/mol. The van der Waals surface area contributed by atoms with E-state index in [1.54, 1.807) is 18.2 Å². The van der Waals surface area contributed by atoms with E-state index in [1.807, 2.05) is 6.07 Å². The summed E-state index contributed by atoms with van der Waals surface area (Å²) in [6.45, 7) is 1.51. The number of nitriles is 1. The summed E-state index contributed by atoms with van der Waals surface area (Å²) in [5.74, 6) is -1.34. The molecule has 0 aliphatic heterocycles. The van der Waals surface area contributed by atoms with Gasteiger partial charge in [-0.1, -0.05) is 6.07 Å². The summed E-state index contributed by atoms with van der Waals surface area (Å²) in [5.41, 5.74) is 0.753. The second-order valence-electron chi connectivity index (χ2n) is 4.65. The third kappa shape index (κ3) is 2.74. The van der Waals surface area contributed by atoms with Crippen LogP contribution in [0.15, 0.2) is 24.3 Å². The molecule has 1 atom stereocenters. The predicted octanol–water partition coefficient (Wildman–Crippen LogP) is 1.64. The predicted molar refractivity (Wildman–Crippen MR) is 67.4 cm³/mol. The summed E-state index contributed by atoms with van der Waals surface area (Å²) in [7, 11) is 0. The molecule has 0 bridgehead atoms. The number of nitrogens with zero attached hydrogens (tertiary/aromatic N) is 2. The van der Waals surface area contributed by atoms with E-state index in [4.69, 9.17) is 10.4 Å². The van der Waals surface area contributed by atoms with Crippen LogP contribution in [-0.2, 0) is 4.79 Å². The normalized spacial score (nSPS) is 15.4. The largest absolute Gasteiger partial charge is 0.480 e. The first kappa shape index (κ1) is 13.1. The number of rotatable bonds is 4. The first-order valence-corrected chi connectivity index (χ1v) is 6.10. The van der Waals surface area contributed by atoms with Crippen molar-refractivity contribution in [2.45, 2.75) is 31.8 Å². The number of aliphatic carboxylic acids is 1. The lowest BCUT2D eigenvalue weighted by Crippen LogP contribution is -2.44. The molecule has 1 aromatic carbocycles. The zero-order valence-corrected chi connectivity index (χ0v) is 10.5. The maximum Gasteiger partial charge on any atom is 0.326 e. The van der Waals surface area contributed by atoms with Gasteiger partial charge in [0.25, 0.3) is 5.91 Å². The van der Waals surface area contributed by atoms with Gasteiger partial charge >= 0.3 is 5.97 Å². The summed E-state index contributed by atoms with van der Waals surface area (Å²) in [4.78, 5) is 24.9. The van der Waals surface area contributed by atoms with Crippen LogP contribution in [0.1, 0.15) is 35.7 Å². The van der Waals surface area contributed by atoms with Crippen molar-refractivity contribution in [2.75, 3.05) is 0 Å². The van der Waals surface area contributed by atoms with Crippen LogP contribution in [0.2, 0.25) is 0 Å². The number of carboxylic acid groups (broad SMARTS) is 1. The molecule has 1 N–H and O–H groups in total. The zero-order chi connectivity index (χ0) is 14.0. The van der Waals surface area contributed by atoms with Gasteiger partial charge in [0.1, 0.15) is 6.04 Å². The molecule has 1 aromatic rings. The Kier molecular flexibility index (Phi) is 3.52. The lowest BCUT2D eigenvalue weighted by molar-refractivity contribution is -0.141. The van der Waals surface area contributed by atoms with Crippen molar-refractivity contribution in [1.29, 1.82) is 5.26 Å². The fraction of sp³-hybridized carbons (Fsp3) is 0.357. The quantitative estimate of drug-likeness (QED) is 0.890.